The molecule has 1 fully saturated rings. The van der Waals surface area contributed by atoms with E-state index in [4.69, 9.17) is 0 Å². The van der Waals surface area contributed by atoms with Crippen molar-refractivity contribution in [3.8, 4) is 0 Å². The van der Waals surface area contributed by atoms with Crippen molar-refractivity contribution in [2.75, 3.05) is 27.4 Å². The summed E-state index contributed by atoms with van der Waals surface area (Å²) in [6.07, 6.45) is 0. The minimum Gasteiger partial charge on any atom is -0.322 e. The van der Waals surface area contributed by atoms with Crippen LogP contribution in [0.25, 0.3) is 0 Å². The number of carbonyl (C=O) groups excluding carboxylic acids is 3. The van der Waals surface area contributed by atoms with E-state index in [-0.39, 0.29) is 23.0 Å². The van der Waals surface area contributed by atoms with Crippen molar-refractivity contribution in [1.29, 1.82) is 0 Å². The fourth-order valence-corrected chi connectivity index (χ4v) is 5.76. The number of nitrogens with one attached hydrogen (secondary N) is 1. The Bertz CT molecular complexity index is 1400. The molecular weight excluding hydrogens is 479 g/mol. The molecule has 0 saturated carbocycles. The van der Waals surface area contributed by atoms with Gasteiger partial charge in [0.1, 0.15) is 24.0 Å². The largest absolute Gasteiger partial charge is 0.322 e. The molecule has 2 heterocycles. The number of benzene rings is 3. The maximum atomic E-state index is 14.0. The summed E-state index contributed by atoms with van der Waals surface area (Å²) in [7, 11) is 0. The fraction of sp³-hybridized carbons (Fsp3) is 0.160. The van der Waals surface area contributed by atoms with Crippen LogP contribution in [0.1, 0.15) is 11.1 Å². The second-order valence-corrected chi connectivity index (χ2v) is 9.39. The molecule has 35 heavy (non-hydrogen) atoms. The first-order chi connectivity index (χ1) is 16.7. The van der Waals surface area contributed by atoms with Gasteiger partial charge in [-0.05, 0) is 43.3 Å². The van der Waals surface area contributed by atoms with Crippen molar-refractivity contribution in [1.82, 2.24) is 0 Å². The zero-order chi connectivity index (χ0) is 24.9. The van der Waals surface area contributed by atoms with Crippen LogP contribution in [0.4, 0.5) is 30.2 Å². The van der Waals surface area contributed by atoms with Crippen LogP contribution in [-0.4, -0.2) is 30.0 Å². The Hall–Kier alpha value is -3.79. The first-order valence-corrected chi connectivity index (χ1v) is 11.6. The highest BCUT2D eigenvalue weighted by molar-refractivity contribution is 8.02. The zero-order valence-corrected chi connectivity index (χ0v) is 19.2. The number of rotatable bonds is 4. The Balaban J connectivity index is 1.54. The van der Waals surface area contributed by atoms with Crippen LogP contribution in [-0.2, 0) is 19.3 Å². The molecule has 3 aromatic rings. The third-order valence-electron chi connectivity index (χ3n) is 5.89. The summed E-state index contributed by atoms with van der Waals surface area (Å²) in [5.41, 5.74) is 1.74. The van der Waals surface area contributed by atoms with E-state index in [0.717, 1.165) is 29.5 Å². The van der Waals surface area contributed by atoms with E-state index < -0.39 is 40.7 Å². The van der Waals surface area contributed by atoms with E-state index in [1.165, 1.54) is 28.0 Å². The van der Waals surface area contributed by atoms with Gasteiger partial charge < -0.3 is 5.32 Å². The molecule has 0 aliphatic carbocycles. The van der Waals surface area contributed by atoms with Crippen molar-refractivity contribution < 1.29 is 27.6 Å². The summed E-state index contributed by atoms with van der Waals surface area (Å²) in [5, 5.41) is 2.35. The number of hydrogen-bond donors (Lipinski definition) is 1. The molecule has 1 spiro atoms. The Labute approximate surface area is 202 Å². The quantitative estimate of drug-likeness (QED) is 0.583. The van der Waals surface area contributed by atoms with E-state index >= 15 is 0 Å². The molecule has 0 unspecified atom stereocenters. The van der Waals surface area contributed by atoms with Gasteiger partial charge >= 0.3 is 0 Å². The normalized spacial score (nSPS) is 19.0. The lowest BCUT2D eigenvalue weighted by Crippen LogP contribution is -2.51. The van der Waals surface area contributed by atoms with Gasteiger partial charge in [0, 0.05) is 17.3 Å². The van der Waals surface area contributed by atoms with Crippen molar-refractivity contribution >= 4 is 46.5 Å². The summed E-state index contributed by atoms with van der Waals surface area (Å²) in [4.78, 5) is 40.7. The van der Waals surface area contributed by atoms with Gasteiger partial charge in [-0.15, -0.1) is 11.8 Å². The monoisotopic (exact) mass is 497 g/mol. The maximum absolute atomic E-state index is 14.0. The average molecular weight is 497 g/mol. The molecule has 3 aromatic carbocycles. The van der Waals surface area contributed by atoms with E-state index in [9.17, 15) is 27.6 Å². The topological polar surface area (TPSA) is 69.7 Å². The number of carbonyl (C=O) groups is 3. The Morgan fingerprint density at radius 1 is 1.03 bits per heavy atom. The summed E-state index contributed by atoms with van der Waals surface area (Å²) in [6, 6.07) is 13.4. The second-order valence-electron chi connectivity index (χ2n) is 8.23. The van der Waals surface area contributed by atoms with Gasteiger partial charge in [-0.3, -0.25) is 24.2 Å². The molecule has 10 heteroatoms. The smallest absolute Gasteiger partial charge is 0.269 e. The summed E-state index contributed by atoms with van der Waals surface area (Å²) in [5.74, 6) is -3.95. The van der Waals surface area contributed by atoms with E-state index in [1.54, 1.807) is 24.3 Å². The van der Waals surface area contributed by atoms with Crippen molar-refractivity contribution in [2.45, 2.75) is 11.8 Å². The Morgan fingerprint density at radius 2 is 1.80 bits per heavy atom. The highest BCUT2D eigenvalue weighted by atomic mass is 32.2. The van der Waals surface area contributed by atoms with Gasteiger partial charge in [0.2, 0.25) is 16.7 Å². The van der Waals surface area contributed by atoms with Gasteiger partial charge in [-0.2, -0.15) is 0 Å². The Kier molecular flexibility index (Phi) is 5.55. The molecule has 1 N–H and O–H groups in total. The van der Waals surface area contributed by atoms with Gasteiger partial charge in [-0.25, -0.2) is 13.2 Å². The lowest BCUT2D eigenvalue weighted by molar-refractivity contribution is -0.124. The predicted octanol–water partition coefficient (Wildman–Crippen LogP) is 4.33. The van der Waals surface area contributed by atoms with Crippen LogP contribution in [0.15, 0.2) is 60.7 Å². The molecule has 5 rings (SSSR count). The number of fused-ring (bicyclic) bond motifs is 2. The molecule has 3 amide bonds. The number of nitrogens with zero attached hydrogens (tertiary/aromatic N) is 2. The van der Waals surface area contributed by atoms with Crippen LogP contribution >= 0.6 is 11.8 Å². The average Bonchev–Trinajstić information content (AvgIpc) is 3.26. The van der Waals surface area contributed by atoms with Crippen LogP contribution in [0.2, 0.25) is 0 Å². The van der Waals surface area contributed by atoms with Gasteiger partial charge in [0.15, 0.2) is 0 Å². The van der Waals surface area contributed by atoms with Crippen molar-refractivity contribution in [3.63, 3.8) is 0 Å². The Morgan fingerprint density at radius 3 is 2.54 bits per heavy atom. The fourth-order valence-electron chi connectivity index (χ4n) is 4.41. The lowest BCUT2D eigenvalue weighted by Gasteiger charge is -2.33. The SMILES string of the molecule is Cc1ccc2c(c1)[C@@]1(SCC(=O)N1c1cccc(F)c1)C(=O)N2CC(=O)Nc1ccc(F)cc1F. The van der Waals surface area contributed by atoms with Crippen LogP contribution in [0, 0.1) is 24.4 Å². The standard InChI is InChI=1S/C25H18F3N3O3S/c1-14-5-8-21-18(9-14)25(31(23(33)13-35-25)17-4-2-3-15(26)10-17)24(34)30(21)12-22(32)29-20-7-6-16(27)11-19(20)28/h2-11H,12-13H2,1H3,(H,29,32)/t25-/m1/s1. The zero-order valence-electron chi connectivity index (χ0n) is 18.3. The molecular formula is C25H18F3N3O3S. The summed E-state index contributed by atoms with van der Waals surface area (Å²) < 4.78 is 41.3. The number of aryl methyl sites for hydroxylation is 1. The summed E-state index contributed by atoms with van der Waals surface area (Å²) in [6.45, 7) is 1.36. The number of halogens is 3. The van der Waals surface area contributed by atoms with Gasteiger partial charge in [-0.1, -0.05) is 23.8 Å². The predicted molar refractivity (Wildman–Crippen MR) is 127 cm³/mol. The van der Waals surface area contributed by atoms with E-state index in [2.05, 4.69) is 5.32 Å². The van der Waals surface area contributed by atoms with Crippen LogP contribution < -0.4 is 15.1 Å². The molecule has 0 radical (unpaired) electrons. The van der Waals surface area contributed by atoms with Gasteiger partial charge in [0.05, 0.1) is 17.1 Å². The third kappa shape index (κ3) is 3.74. The van der Waals surface area contributed by atoms with Gasteiger partial charge in [0.25, 0.3) is 5.91 Å². The maximum Gasteiger partial charge on any atom is 0.269 e. The van der Waals surface area contributed by atoms with Crippen LogP contribution in [0.3, 0.4) is 0 Å². The minimum absolute atomic E-state index is 0.0174. The third-order valence-corrected chi connectivity index (χ3v) is 7.27. The highest BCUT2D eigenvalue weighted by Crippen LogP contribution is 2.55. The molecule has 0 bridgehead atoms. The molecule has 2 aliphatic heterocycles. The molecule has 1 atom stereocenters. The first kappa shape index (κ1) is 23.0. The number of amides is 3. The molecule has 6 nitrogen and oxygen atoms in total. The van der Waals surface area contributed by atoms with Crippen molar-refractivity contribution in [2.24, 2.45) is 0 Å². The molecule has 178 valence electrons. The molecule has 1 saturated heterocycles. The highest BCUT2D eigenvalue weighted by Gasteiger charge is 2.61. The summed E-state index contributed by atoms with van der Waals surface area (Å²) >= 11 is 1.10. The second kappa shape index (κ2) is 8.46. The lowest BCUT2D eigenvalue weighted by atomic mass is 10.0. The van der Waals surface area contributed by atoms with Crippen LogP contribution in [0.5, 0.6) is 0 Å². The first-order valence-electron chi connectivity index (χ1n) is 10.6. The van der Waals surface area contributed by atoms with Crippen molar-refractivity contribution in [3.05, 3.63) is 89.2 Å². The van der Waals surface area contributed by atoms with E-state index in [0.29, 0.717) is 17.3 Å². The number of hydrogen-bond acceptors (Lipinski definition) is 4. The van der Waals surface area contributed by atoms with E-state index in [1.807, 2.05) is 6.92 Å². The number of anilines is 3. The number of thioether (sulfide) groups is 1. The molecule has 0 aromatic heterocycles. The minimum atomic E-state index is -1.52. The molecule has 2 aliphatic rings.